The average molecular weight is 403 g/mol. The molecule has 1 N–H and O–H groups in total. The molecule has 1 fully saturated rings. The van der Waals surface area contributed by atoms with Crippen molar-refractivity contribution in [2.45, 2.75) is 39.2 Å². The summed E-state index contributed by atoms with van der Waals surface area (Å²) in [4.78, 5) is 38.8. The highest BCUT2D eigenvalue weighted by Gasteiger charge is 2.27. The monoisotopic (exact) mass is 403 g/mol. The number of hydrogen-bond acceptors (Lipinski definition) is 3. The van der Waals surface area contributed by atoms with Crippen LogP contribution in [0.5, 0.6) is 0 Å². The number of aryl methyl sites for hydroxylation is 1. The zero-order valence-corrected chi connectivity index (χ0v) is 17.4. The van der Waals surface area contributed by atoms with Crippen molar-refractivity contribution in [3.8, 4) is 0 Å². The molecule has 154 valence electrons. The summed E-state index contributed by atoms with van der Waals surface area (Å²) in [5.41, 5.74) is 3.65. The summed E-state index contributed by atoms with van der Waals surface area (Å²) in [5.74, 6) is -0.0193. The number of aromatic nitrogens is 1. The molecule has 1 aliphatic rings. The van der Waals surface area contributed by atoms with Gasteiger partial charge in [0, 0.05) is 37.7 Å². The van der Waals surface area contributed by atoms with Crippen molar-refractivity contribution in [3.05, 3.63) is 70.0 Å². The Labute approximate surface area is 175 Å². The number of benzene rings is 2. The van der Waals surface area contributed by atoms with Crippen LogP contribution in [0.15, 0.2) is 53.3 Å². The first-order valence-electron chi connectivity index (χ1n) is 10.2. The van der Waals surface area contributed by atoms with Crippen LogP contribution in [0.25, 0.3) is 10.9 Å². The summed E-state index contributed by atoms with van der Waals surface area (Å²) in [6.45, 7) is 3.97. The molecule has 0 radical (unpaired) electrons. The van der Waals surface area contributed by atoms with Crippen molar-refractivity contribution in [1.29, 1.82) is 0 Å². The van der Waals surface area contributed by atoms with E-state index in [9.17, 15) is 14.4 Å². The van der Waals surface area contributed by atoms with Gasteiger partial charge in [-0.25, -0.2) is 0 Å². The van der Waals surface area contributed by atoms with E-state index < -0.39 is 0 Å². The first-order valence-corrected chi connectivity index (χ1v) is 10.2. The molecule has 0 spiro atoms. The normalized spacial score (nSPS) is 13.3. The summed E-state index contributed by atoms with van der Waals surface area (Å²) < 4.78 is 1.76. The van der Waals surface area contributed by atoms with E-state index in [1.54, 1.807) is 46.8 Å². The van der Waals surface area contributed by atoms with Gasteiger partial charge in [0.1, 0.15) is 0 Å². The number of fused-ring (bicyclic) bond motifs is 1. The first kappa shape index (κ1) is 19.9. The quantitative estimate of drug-likeness (QED) is 0.696. The molecule has 30 heavy (non-hydrogen) atoms. The van der Waals surface area contributed by atoms with E-state index in [2.05, 4.69) is 5.32 Å². The largest absolute Gasteiger partial charge is 0.326 e. The van der Waals surface area contributed by atoms with Gasteiger partial charge >= 0.3 is 0 Å². The van der Waals surface area contributed by atoms with E-state index in [4.69, 9.17) is 0 Å². The van der Waals surface area contributed by atoms with Gasteiger partial charge in [-0.2, -0.15) is 0 Å². The third-order valence-electron chi connectivity index (χ3n) is 5.62. The van der Waals surface area contributed by atoms with Crippen LogP contribution in [0.3, 0.4) is 0 Å². The van der Waals surface area contributed by atoms with Crippen molar-refractivity contribution in [2.24, 2.45) is 0 Å². The van der Waals surface area contributed by atoms with Gasteiger partial charge in [-0.3, -0.25) is 14.4 Å². The van der Waals surface area contributed by atoms with E-state index in [0.29, 0.717) is 23.7 Å². The number of anilines is 2. The Bertz CT molecular complexity index is 1210. The third-order valence-corrected chi connectivity index (χ3v) is 5.62. The Hall–Kier alpha value is -3.41. The summed E-state index contributed by atoms with van der Waals surface area (Å²) in [7, 11) is 1.72. The number of nitrogens with one attached hydrogen (secondary N) is 1. The topological polar surface area (TPSA) is 71.4 Å². The zero-order chi connectivity index (χ0) is 21.4. The van der Waals surface area contributed by atoms with Gasteiger partial charge in [0.05, 0.1) is 16.8 Å². The van der Waals surface area contributed by atoms with Crippen molar-refractivity contribution in [2.75, 3.05) is 17.3 Å². The Morgan fingerprint density at radius 2 is 1.87 bits per heavy atom. The molecule has 0 atom stereocenters. The van der Waals surface area contributed by atoms with Crippen LogP contribution >= 0.6 is 0 Å². The second-order valence-electron chi connectivity index (χ2n) is 7.75. The van der Waals surface area contributed by atoms with Crippen LogP contribution in [0.4, 0.5) is 11.4 Å². The van der Waals surface area contributed by atoms with E-state index in [1.807, 2.05) is 25.1 Å². The second-order valence-corrected chi connectivity index (χ2v) is 7.75. The Morgan fingerprint density at radius 3 is 2.53 bits per heavy atom. The Balaban J connectivity index is 1.77. The van der Waals surface area contributed by atoms with Gasteiger partial charge in [0.2, 0.25) is 5.91 Å². The Kier molecular flexibility index (Phi) is 5.16. The lowest BCUT2D eigenvalue weighted by Crippen LogP contribution is -2.27. The molecule has 0 saturated heterocycles. The zero-order valence-electron chi connectivity index (χ0n) is 17.4. The Morgan fingerprint density at radius 1 is 1.13 bits per heavy atom. The van der Waals surface area contributed by atoms with Crippen molar-refractivity contribution >= 4 is 34.1 Å². The van der Waals surface area contributed by atoms with Gasteiger partial charge in [0.25, 0.3) is 11.5 Å². The van der Waals surface area contributed by atoms with Crippen LogP contribution in [0, 0.1) is 0 Å². The summed E-state index contributed by atoms with van der Waals surface area (Å²) in [6.07, 6.45) is 2.18. The first-order chi connectivity index (χ1) is 14.4. The fraction of sp³-hybridized carbons (Fsp3) is 0.292. The molecule has 6 nitrogen and oxygen atoms in total. The van der Waals surface area contributed by atoms with Gasteiger partial charge in [-0.05, 0) is 61.6 Å². The minimum absolute atomic E-state index is 0.0216. The predicted molar refractivity (Wildman–Crippen MR) is 119 cm³/mol. The van der Waals surface area contributed by atoms with Gasteiger partial charge in [0.15, 0.2) is 0 Å². The molecule has 4 rings (SSSR count). The molecule has 6 heteroatoms. The van der Waals surface area contributed by atoms with Gasteiger partial charge in [-0.15, -0.1) is 0 Å². The summed E-state index contributed by atoms with van der Waals surface area (Å²) >= 11 is 0. The number of rotatable bonds is 5. The fourth-order valence-corrected chi connectivity index (χ4v) is 3.93. The summed E-state index contributed by atoms with van der Waals surface area (Å²) in [6, 6.07) is 14.5. The summed E-state index contributed by atoms with van der Waals surface area (Å²) in [5, 5.41) is 3.74. The molecule has 2 aromatic carbocycles. The van der Waals surface area contributed by atoms with Crippen LogP contribution in [0.2, 0.25) is 0 Å². The SMILES string of the molecule is CCn1c(=O)cc(C2CC2)c2cc(N(C)C(=O)c3ccccc3NC(C)=O)ccc21. The van der Waals surface area contributed by atoms with Gasteiger partial charge < -0.3 is 14.8 Å². The standard InChI is InChI=1S/C24H25N3O3/c1-4-27-22-12-11-17(13-20(22)19(14-23(27)29)16-9-10-16)26(3)24(30)18-7-5-6-8-21(18)25-15(2)28/h5-8,11-14,16H,4,9-10H2,1-3H3,(H,25,28). The smallest absolute Gasteiger partial charge is 0.260 e. The number of carbonyl (C=O) groups excluding carboxylic acids is 2. The number of pyridine rings is 1. The minimum Gasteiger partial charge on any atom is -0.326 e. The molecule has 1 aliphatic carbocycles. The molecule has 3 aromatic rings. The minimum atomic E-state index is -0.227. The van der Waals surface area contributed by atoms with Crippen LogP contribution < -0.4 is 15.8 Å². The molecular formula is C24H25N3O3. The lowest BCUT2D eigenvalue weighted by atomic mass is 10.0. The van der Waals surface area contributed by atoms with Crippen LogP contribution in [-0.4, -0.2) is 23.4 Å². The highest BCUT2D eigenvalue weighted by atomic mass is 16.2. The molecule has 1 aromatic heterocycles. The fourth-order valence-electron chi connectivity index (χ4n) is 3.93. The van der Waals surface area contributed by atoms with E-state index in [1.165, 1.54) is 6.92 Å². The molecule has 0 unspecified atom stereocenters. The number of nitrogens with zero attached hydrogens (tertiary/aromatic N) is 2. The van der Waals surface area contributed by atoms with Crippen molar-refractivity contribution in [1.82, 2.24) is 4.57 Å². The maximum Gasteiger partial charge on any atom is 0.260 e. The molecule has 0 bridgehead atoms. The number of para-hydroxylation sites is 1. The molecule has 1 heterocycles. The van der Waals surface area contributed by atoms with Gasteiger partial charge in [-0.1, -0.05) is 12.1 Å². The second kappa shape index (κ2) is 7.78. The lowest BCUT2D eigenvalue weighted by Gasteiger charge is -2.21. The maximum absolute atomic E-state index is 13.2. The molecular weight excluding hydrogens is 378 g/mol. The third kappa shape index (κ3) is 3.61. The van der Waals surface area contributed by atoms with E-state index in [0.717, 1.165) is 35.0 Å². The van der Waals surface area contributed by atoms with E-state index >= 15 is 0 Å². The van der Waals surface area contributed by atoms with Crippen LogP contribution in [0.1, 0.15) is 48.5 Å². The average Bonchev–Trinajstić information content (AvgIpc) is 3.57. The molecule has 2 amide bonds. The lowest BCUT2D eigenvalue weighted by molar-refractivity contribution is -0.114. The number of carbonyl (C=O) groups is 2. The predicted octanol–water partition coefficient (Wildman–Crippen LogP) is 4.13. The van der Waals surface area contributed by atoms with E-state index in [-0.39, 0.29) is 17.4 Å². The number of amides is 2. The van der Waals surface area contributed by atoms with Crippen molar-refractivity contribution < 1.29 is 9.59 Å². The highest BCUT2D eigenvalue weighted by molar-refractivity contribution is 6.11. The molecule has 0 aliphatic heterocycles. The van der Waals surface area contributed by atoms with Crippen LogP contribution in [-0.2, 0) is 11.3 Å². The maximum atomic E-state index is 13.2. The number of hydrogen-bond donors (Lipinski definition) is 1. The van der Waals surface area contributed by atoms with Crippen molar-refractivity contribution in [3.63, 3.8) is 0 Å². The molecule has 1 saturated carbocycles. The highest BCUT2D eigenvalue weighted by Crippen LogP contribution is 2.43.